The summed E-state index contributed by atoms with van der Waals surface area (Å²) in [4.78, 5) is 15.4. The second-order valence-electron chi connectivity index (χ2n) is 3.41. The zero-order valence-electron chi connectivity index (χ0n) is 8.77. The van der Waals surface area contributed by atoms with E-state index < -0.39 is 0 Å². The second kappa shape index (κ2) is 4.99. The molecular formula is C12H12N2OS. The van der Waals surface area contributed by atoms with Gasteiger partial charge in [0.05, 0.1) is 4.91 Å². The zero-order chi connectivity index (χ0) is 11.4. The van der Waals surface area contributed by atoms with Crippen molar-refractivity contribution in [2.45, 2.75) is 6.42 Å². The lowest BCUT2D eigenvalue weighted by Gasteiger charge is -2.04. The lowest BCUT2D eigenvalue weighted by atomic mass is 10.2. The summed E-state index contributed by atoms with van der Waals surface area (Å²) >= 11 is 1.30. The van der Waals surface area contributed by atoms with Gasteiger partial charge in [-0.05, 0) is 23.7 Å². The van der Waals surface area contributed by atoms with Gasteiger partial charge in [-0.25, -0.2) is 0 Å². The maximum atomic E-state index is 11.1. The maximum absolute atomic E-state index is 11.1. The van der Waals surface area contributed by atoms with Gasteiger partial charge in [-0.15, -0.1) is 0 Å². The molecule has 1 aromatic carbocycles. The molecule has 0 radical (unpaired) electrons. The predicted octanol–water partition coefficient (Wildman–Crippen LogP) is 1.96. The van der Waals surface area contributed by atoms with Gasteiger partial charge in [0, 0.05) is 6.54 Å². The van der Waals surface area contributed by atoms with Gasteiger partial charge in [-0.2, -0.15) is 4.99 Å². The molecule has 0 spiro atoms. The smallest absolute Gasteiger partial charge is 0.285 e. The van der Waals surface area contributed by atoms with Gasteiger partial charge in [0.1, 0.15) is 0 Å². The third kappa shape index (κ3) is 2.73. The Bertz CT molecular complexity index is 440. The molecule has 0 aromatic heterocycles. The van der Waals surface area contributed by atoms with Gasteiger partial charge in [0.25, 0.3) is 5.91 Å². The number of amides is 1. The fourth-order valence-electron chi connectivity index (χ4n) is 1.37. The Hall–Kier alpha value is -1.55. The van der Waals surface area contributed by atoms with Gasteiger partial charge >= 0.3 is 0 Å². The van der Waals surface area contributed by atoms with E-state index in [0.29, 0.717) is 10.1 Å². The minimum atomic E-state index is -0.229. The van der Waals surface area contributed by atoms with Crippen LogP contribution in [0.25, 0.3) is 0 Å². The fourth-order valence-corrected chi connectivity index (χ4v) is 2.04. The molecule has 1 heterocycles. The number of amidine groups is 1. The Labute approximate surface area is 98.7 Å². The number of thioether (sulfide) groups is 1. The molecule has 1 aliphatic heterocycles. The lowest BCUT2D eigenvalue weighted by Crippen LogP contribution is -2.21. The SMILES string of the molecule is C=C1SC(NCCc2ccccc2)=NC1=O. The molecule has 0 atom stereocenters. The fraction of sp³-hybridized carbons (Fsp3) is 0.167. The number of hydrogen-bond donors (Lipinski definition) is 1. The molecule has 1 aliphatic rings. The Morgan fingerprint density at radius 3 is 2.69 bits per heavy atom. The number of benzene rings is 1. The highest BCUT2D eigenvalue weighted by Gasteiger charge is 2.18. The van der Waals surface area contributed by atoms with E-state index in [1.54, 1.807) is 0 Å². The van der Waals surface area contributed by atoms with Crippen molar-refractivity contribution in [1.29, 1.82) is 0 Å². The van der Waals surface area contributed by atoms with E-state index in [2.05, 4.69) is 29.0 Å². The van der Waals surface area contributed by atoms with E-state index in [0.717, 1.165) is 13.0 Å². The Morgan fingerprint density at radius 2 is 2.06 bits per heavy atom. The molecule has 3 nitrogen and oxygen atoms in total. The molecule has 0 unspecified atom stereocenters. The topological polar surface area (TPSA) is 41.5 Å². The number of nitrogens with one attached hydrogen (secondary N) is 1. The maximum Gasteiger partial charge on any atom is 0.285 e. The molecule has 2 rings (SSSR count). The van der Waals surface area contributed by atoms with Crippen LogP contribution < -0.4 is 5.32 Å². The van der Waals surface area contributed by atoms with Crippen molar-refractivity contribution in [1.82, 2.24) is 5.32 Å². The molecule has 0 aliphatic carbocycles. The van der Waals surface area contributed by atoms with Gasteiger partial charge in [0.2, 0.25) is 0 Å². The number of aliphatic imine (C=N–C) groups is 1. The first-order valence-electron chi connectivity index (χ1n) is 5.03. The van der Waals surface area contributed by atoms with Gasteiger partial charge < -0.3 is 5.32 Å². The van der Waals surface area contributed by atoms with Crippen LogP contribution in [0.1, 0.15) is 5.56 Å². The molecular weight excluding hydrogens is 220 g/mol. The van der Waals surface area contributed by atoms with E-state index in [9.17, 15) is 4.79 Å². The number of carbonyl (C=O) groups excluding carboxylic acids is 1. The molecule has 1 N–H and O–H groups in total. The van der Waals surface area contributed by atoms with Crippen LogP contribution in [0.15, 0.2) is 46.8 Å². The quantitative estimate of drug-likeness (QED) is 0.810. The van der Waals surface area contributed by atoms with Crippen molar-refractivity contribution in [3.8, 4) is 0 Å². The molecule has 1 amide bonds. The van der Waals surface area contributed by atoms with Crippen LogP contribution in [-0.4, -0.2) is 17.6 Å². The van der Waals surface area contributed by atoms with Gasteiger partial charge in [-0.3, -0.25) is 4.79 Å². The summed E-state index contributed by atoms with van der Waals surface area (Å²) < 4.78 is 0. The monoisotopic (exact) mass is 232 g/mol. The van der Waals surface area contributed by atoms with Crippen molar-refractivity contribution in [2.24, 2.45) is 4.99 Å². The third-order valence-electron chi connectivity index (χ3n) is 2.19. The Balaban J connectivity index is 1.79. The summed E-state index contributed by atoms with van der Waals surface area (Å²) in [6.07, 6.45) is 0.918. The van der Waals surface area contributed by atoms with E-state index in [-0.39, 0.29) is 5.91 Å². The minimum Gasteiger partial charge on any atom is -0.364 e. The Kier molecular flexibility index (Phi) is 3.41. The van der Waals surface area contributed by atoms with Crippen LogP contribution in [0.5, 0.6) is 0 Å². The summed E-state index contributed by atoms with van der Waals surface area (Å²) in [5.41, 5.74) is 1.27. The number of carbonyl (C=O) groups is 1. The van der Waals surface area contributed by atoms with Crippen molar-refractivity contribution in [3.05, 3.63) is 47.4 Å². The number of nitrogens with zero attached hydrogens (tertiary/aromatic N) is 1. The standard InChI is InChI=1S/C12H12N2OS/c1-9-11(15)14-12(16-9)13-8-7-10-5-3-2-4-6-10/h2-6H,1,7-8H2,(H,13,14,15). The summed E-state index contributed by atoms with van der Waals surface area (Å²) in [6, 6.07) is 10.2. The second-order valence-corrected chi connectivity index (χ2v) is 4.49. The molecule has 0 saturated carbocycles. The molecule has 4 heteroatoms. The average molecular weight is 232 g/mol. The van der Waals surface area contributed by atoms with Crippen molar-refractivity contribution in [2.75, 3.05) is 6.54 Å². The van der Waals surface area contributed by atoms with E-state index >= 15 is 0 Å². The summed E-state index contributed by atoms with van der Waals surface area (Å²) in [5.74, 6) is -0.229. The Morgan fingerprint density at radius 1 is 1.31 bits per heavy atom. The third-order valence-corrected chi connectivity index (χ3v) is 3.04. The van der Waals surface area contributed by atoms with Crippen LogP contribution in [0.4, 0.5) is 0 Å². The highest BCUT2D eigenvalue weighted by atomic mass is 32.2. The molecule has 0 fully saturated rings. The lowest BCUT2D eigenvalue weighted by molar-refractivity contribution is -0.113. The average Bonchev–Trinajstić information content (AvgIpc) is 2.60. The van der Waals surface area contributed by atoms with E-state index in [4.69, 9.17) is 0 Å². The zero-order valence-corrected chi connectivity index (χ0v) is 9.59. The molecule has 82 valence electrons. The summed E-state index contributed by atoms with van der Waals surface area (Å²) in [6.45, 7) is 4.38. The number of hydrogen-bond acceptors (Lipinski definition) is 3. The summed E-state index contributed by atoms with van der Waals surface area (Å²) in [5, 5.41) is 3.78. The van der Waals surface area contributed by atoms with E-state index in [1.807, 2.05) is 18.2 Å². The first-order chi connectivity index (χ1) is 7.75. The largest absolute Gasteiger partial charge is 0.364 e. The minimum absolute atomic E-state index is 0.229. The van der Waals surface area contributed by atoms with E-state index in [1.165, 1.54) is 17.3 Å². The van der Waals surface area contributed by atoms with Crippen LogP contribution in [0, 0.1) is 0 Å². The number of rotatable bonds is 3. The van der Waals surface area contributed by atoms with Crippen molar-refractivity contribution in [3.63, 3.8) is 0 Å². The van der Waals surface area contributed by atoms with Crippen LogP contribution >= 0.6 is 11.8 Å². The van der Waals surface area contributed by atoms with Crippen LogP contribution in [0.3, 0.4) is 0 Å². The highest BCUT2D eigenvalue weighted by molar-refractivity contribution is 8.18. The molecule has 1 aromatic rings. The van der Waals surface area contributed by atoms with Gasteiger partial charge in [0.15, 0.2) is 5.17 Å². The predicted molar refractivity (Wildman–Crippen MR) is 67.3 cm³/mol. The molecule has 16 heavy (non-hydrogen) atoms. The van der Waals surface area contributed by atoms with Crippen molar-refractivity contribution < 1.29 is 4.79 Å². The summed E-state index contributed by atoms with van der Waals surface area (Å²) in [7, 11) is 0. The van der Waals surface area contributed by atoms with Crippen LogP contribution in [0.2, 0.25) is 0 Å². The first-order valence-corrected chi connectivity index (χ1v) is 5.85. The first kappa shape index (κ1) is 11.0. The van der Waals surface area contributed by atoms with Crippen molar-refractivity contribution >= 4 is 22.8 Å². The molecule has 0 saturated heterocycles. The normalized spacial score (nSPS) is 15.1. The highest BCUT2D eigenvalue weighted by Crippen LogP contribution is 2.22. The van der Waals surface area contributed by atoms with Crippen LogP contribution in [-0.2, 0) is 11.2 Å². The molecule has 0 bridgehead atoms. The van der Waals surface area contributed by atoms with Gasteiger partial charge in [-0.1, -0.05) is 36.9 Å².